The van der Waals surface area contributed by atoms with E-state index in [1.165, 1.54) is 6.07 Å². The third-order valence-corrected chi connectivity index (χ3v) is 4.95. The average molecular weight is 425 g/mol. The molecule has 2 N–H and O–H groups in total. The number of aliphatic hydroxyl groups is 1. The van der Waals surface area contributed by atoms with Gasteiger partial charge >= 0.3 is 0 Å². The lowest BCUT2D eigenvalue weighted by Gasteiger charge is -2.11. The Morgan fingerprint density at radius 2 is 1.86 bits per heavy atom. The van der Waals surface area contributed by atoms with Gasteiger partial charge in [0.15, 0.2) is 11.6 Å². The highest BCUT2D eigenvalue weighted by molar-refractivity contribution is 14.1. The molecule has 0 aromatic heterocycles. The van der Waals surface area contributed by atoms with E-state index in [1.54, 1.807) is 18.2 Å². The minimum atomic E-state index is -4.30. The fourth-order valence-corrected chi connectivity index (χ4v) is 3.57. The fourth-order valence-electron chi connectivity index (χ4n) is 1.65. The van der Waals surface area contributed by atoms with Gasteiger partial charge in [-0.1, -0.05) is 12.1 Å². The van der Waals surface area contributed by atoms with E-state index in [-0.39, 0.29) is 11.3 Å². The van der Waals surface area contributed by atoms with Crippen LogP contribution in [0.15, 0.2) is 41.3 Å². The second-order valence-corrected chi connectivity index (χ2v) is 6.95. The molecule has 112 valence electrons. The van der Waals surface area contributed by atoms with Gasteiger partial charge in [-0.15, -0.1) is 0 Å². The molecule has 0 heterocycles. The maximum absolute atomic E-state index is 13.7. The van der Waals surface area contributed by atoms with Crippen molar-refractivity contribution in [3.8, 4) is 0 Å². The second-order valence-electron chi connectivity index (χ2n) is 4.13. The Kier molecular flexibility index (Phi) is 4.79. The molecule has 0 aliphatic carbocycles. The monoisotopic (exact) mass is 425 g/mol. The number of hydrogen-bond acceptors (Lipinski definition) is 3. The van der Waals surface area contributed by atoms with Gasteiger partial charge in [0.25, 0.3) is 10.0 Å². The van der Waals surface area contributed by atoms with Gasteiger partial charge in [0.2, 0.25) is 0 Å². The van der Waals surface area contributed by atoms with Crippen molar-refractivity contribution in [2.24, 2.45) is 0 Å². The first-order valence-electron chi connectivity index (χ1n) is 5.71. The molecule has 0 amide bonds. The summed E-state index contributed by atoms with van der Waals surface area (Å²) in [5.41, 5.74) is 0.226. The number of halogens is 3. The van der Waals surface area contributed by atoms with Gasteiger partial charge in [0, 0.05) is 3.57 Å². The topological polar surface area (TPSA) is 66.4 Å². The van der Waals surface area contributed by atoms with Crippen LogP contribution in [0.4, 0.5) is 14.5 Å². The molecule has 0 spiro atoms. The van der Waals surface area contributed by atoms with E-state index >= 15 is 0 Å². The number of sulfonamides is 1. The summed E-state index contributed by atoms with van der Waals surface area (Å²) in [6.07, 6.45) is 0. The molecule has 0 saturated heterocycles. The first kappa shape index (κ1) is 16.1. The largest absolute Gasteiger partial charge is 0.392 e. The van der Waals surface area contributed by atoms with Crippen LogP contribution in [0.25, 0.3) is 0 Å². The molecular formula is C13H10F2INO3S. The van der Waals surface area contributed by atoms with E-state index in [1.807, 2.05) is 22.6 Å². The standard InChI is InChI=1S/C13H10F2INO3S/c14-9-5-8(7-18)6-12(13(9)15)21(19,20)17-11-4-2-1-3-10(11)16/h1-6,17-18H,7H2. The maximum Gasteiger partial charge on any atom is 0.264 e. The van der Waals surface area contributed by atoms with Crippen LogP contribution in [0.1, 0.15) is 5.56 Å². The van der Waals surface area contributed by atoms with Crippen LogP contribution in [0.3, 0.4) is 0 Å². The summed E-state index contributed by atoms with van der Waals surface area (Å²) in [7, 11) is -4.30. The van der Waals surface area contributed by atoms with E-state index in [2.05, 4.69) is 4.72 Å². The van der Waals surface area contributed by atoms with Gasteiger partial charge < -0.3 is 5.11 Å². The van der Waals surface area contributed by atoms with Gasteiger partial charge in [-0.05, 0) is 52.4 Å². The zero-order chi connectivity index (χ0) is 15.6. The highest BCUT2D eigenvalue weighted by Crippen LogP contribution is 2.25. The van der Waals surface area contributed by atoms with Crippen LogP contribution < -0.4 is 4.72 Å². The lowest BCUT2D eigenvalue weighted by Crippen LogP contribution is -2.16. The number of aliphatic hydroxyl groups excluding tert-OH is 1. The Bertz CT molecular complexity index is 781. The van der Waals surface area contributed by atoms with Crippen molar-refractivity contribution < 1.29 is 22.3 Å². The van der Waals surface area contributed by atoms with Crippen LogP contribution in [0.5, 0.6) is 0 Å². The Morgan fingerprint density at radius 1 is 1.19 bits per heavy atom. The van der Waals surface area contributed by atoms with Gasteiger partial charge in [-0.2, -0.15) is 0 Å². The van der Waals surface area contributed by atoms with Crippen LogP contribution in [-0.4, -0.2) is 13.5 Å². The fraction of sp³-hybridized carbons (Fsp3) is 0.0769. The van der Waals surface area contributed by atoms with Crippen LogP contribution in [0, 0.1) is 15.2 Å². The SMILES string of the molecule is O=S(=O)(Nc1ccccc1I)c1cc(CO)cc(F)c1F. The zero-order valence-electron chi connectivity index (χ0n) is 10.5. The first-order valence-corrected chi connectivity index (χ1v) is 8.27. The van der Waals surface area contributed by atoms with Crippen molar-refractivity contribution >= 4 is 38.3 Å². The molecule has 0 unspecified atom stereocenters. The summed E-state index contributed by atoms with van der Waals surface area (Å²) in [4.78, 5) is -0.841. The molecule has 2 aromatic carbocycles. The summed E-state index contributed by atoms with van der Waals surface area (Å²) in [5.74, 6) is -2.81. The summed E-state index contributed by atoms with van der Waals surface area (Å²) in [6.45, 7) is -0.595. The van der Waals surface area contributed by atoms with E-state index in [0.29, 0.717) is 3.57 Å². The van der Waals surface area contributed by atoms with Crippen molar-refractivity contribution in [3.63, 3.8) is 0 Å². The number of nitrogens with one attached hydrogen (secondary N) is 1. The van der Waals surface area contributed by atoms with Crippen molar-refractivity contribution in [2.45, 2.75) is 11.5 Å². The van der Waals surface area contributed by atoms with Crippen molar-refractivity contribution in [3.05, 3.63) is 57.2 Å². The molecular weight excluding hydrogens is 415 g/mol. The molecule has 2 rings (SSSR count). The highest BCUT2D eigenvalue weighted by Gasteiger charge is 2.23. The van der Waals surface area contributed by atoms with Crippen molar-refractivity contribution in [2.75, 3.05) is 4.72 Å². The molecule has 2 aromatic rings. The Balaban J connectivity index is 2.50. The molecule has 8 heteroatoms. The molecule has 21 heavy (non-hydrogen) atoms. The first-order chi connectivity index (χ1) is 9.85. The lowest BCUT2D eigenvalue weighted by molar-refractivity contribution is 0.280. The average Bonchev–Trinajstić information content (AvgIpc) is 2.43. The third kappa shape index (κ3) is 3.50. The molecule has 0 bridgehead atoms. The third-order valence-electron chi connectivity index (χ3n) is 2.64. The smallest absolute Gasteiger partial charge is 0.264 e. The predicted octanol–water partition coefficient (Wildman–Crippen LogP) is 2.86. The quantitative estimate of drug-likeness (QED) is 0.741. The van der Waals surface area contributed by atoms with E-state index in [4.69, 9.17) is 5.11 Å². The second kappa shape index (κ2) is 6.24. The summed E-state index contributed by atoms with van der Waals surface area (Å²) in [6, 6.07) is 8.15. The van der Waals surface area contributed by atoms with Gasteiger partial charge in [-0.25, -0.2) is 17.2 Å². The van der Waals surface area contributed by atoms with E-state index in [0.717, 1.165) is 12.1 Å². The van der Waals surface area contributed by atoms with Gasteiger partial charge in [0.05, 0.1) is 12.3 Å². The Labute approximate surface area is 134 Å². The maximum atomic E-state index is 13.7. The summed E-state index contributed by atoms with van der Waals surface area (Å²) >= 11 is 1.91. The lowest BCUT2D eigenvalue weighted by atomic mass is 10.2. The number of benzene rings is 2. The Hall–Kier alpha value is -1.26. The van der Waals surface area contributed by atoms with Crippen LogP contribution in [0.2, 0.25) is 0 Å². The molecule has 0 radical (unpaired) electrons. The molecule has 4 nitrogen and oxygen atoms in total. The number of hydrogen-bond donors (Lipinski definition) is 2. The van der Waals surface area contributed by atoms with Crippen molar-refractivity contribution in [1.29, 1.82) is 0 Å². The minimum Gasteiger partial charge on any atom is -0.392 e. The highest BCUT2D eigenvalue weighted by atomic mass is 127. The van der Waals surface area contributed by atoms with Gasteiger partial charge in [0.1, 0.15) is 4.90 Å². The van der Waals surface area contributed by atoms with E-state index in [9.17, 15) is 17.2 Å². The molecule has 0 aliphatic rings. The van der Waals surface area contributed by atoms with Crippen LogP contribution in [-0.2, 0) is 16.6 Å². The number of rotatable bonds is 4. The van der Waals surface area contributed by atoms with Crippen LogP contribution >= 0.6 is 22.6 Å². The molecule has 0 atom stereocenters. The number of para-hydroxylation sites is 1. The summed E-state index contributed by atoms with van der Waals surface area (Å²) < 4.78 is 54.3. The molecule has 0 aliphatic heterocycles. The number of anilines is 1. The summed E-state index contributed by atoms with van der Waals surface area (Å²) in [5, 5.41) is 8.97. The zero-order valence-corrected chi connectivity index (χ0v) is 13.5. The molecule has 0 fully saturated rings. The van der Waals surface area contributed by atoms with Crippen molar-refractivity contribution in [1.82, 2.24) is 0 Å². The predicted molar refractivity (Wildman–Crippen MR) is 82.2 cm³/mol. The molecule has 0 saturated carbocycles. The minimum absolute atomic E-state index is 0.0305. The normalized spacial score (nSPS) is 11.4. The van der Waals surface area contributed by atoms with E-state index < -0.39 is 33.2 Å². The van der Waals surface area contributed by atoms with Gasteiger partial charge in [-0.3, -0.25) is 4.72 Å². The Morgan fingerprint density at radius 3 is 2.48 bits per heavy atom.